The van der Waals surface area contributed by atoms with E-state index in [4.69, 9.17) is 4.74 Å². The minimum Gasteiger partial charge on any atom is -0.458 e. The first kappa shape index (κ1) is 23.0. The molecule has 0 amide bonds. The molecule has 1 aliphatic carbocycles. The second-order valence-corrected chi connectivity index (χ2v) is 7.72. The summed E-state index contributed by atoms with van der Waals surface area (Å²) in [6, 6.07) is 0. The Morgan fingerprint density at radius 2 is 1.81 bits per heavy atom. The number of ether oxygens (including phenoxy) is 1. The number of unbranched alkanes of at least 4 members (excludes halogenated alkanes) is 5. The van der Waals surface area contributed by atoms with Crippen molar-refractivity contribution in [2.45, 2.75) is 97.0 Å². The van der Waals surface area contributed by atoms with Crippen molar-refractivity contribution in [3.8, 4) is 0 Å². The van der Waals surface area contributed by atoms with E-state index in [0.29, 0.717) is 11.8 Å². The van der Waals surface area contributed by atoms with Crippen molar-refractivity contribution in [3.63, 3.8) is 0 Å². The average molecular weight is 365 g/mol. The Kier molecular flexibility index (Phi) is 13.3. The molecule has 1 fully saturated rings. The van der Waals surface area contributed by atoms with Crippen LogP contribution in [0.25, 0.3) is 0 Å². The Balaban J connectivity index is 2.42. The van der Waals surface area contributed by atoms with Crippen molar-refractivity contribution in [3.05, 3.63) is 24.3 Å². The number of hydrogen-bond donors (Lipinski definition) is 1. The Labute approximate surface area is 160 Å². The molecule has 1 saturated carbocycles. The number of aliphatic hydroxyl groups excluding tert-OH is 1. The van der Waals surface area contributed by atoms with Gasteiger partial charge < -0.3 is 9.84 Å². The molecule has 1 aliphatic rings. The Hall–Kier alpha value is -1.09. The van der Waals surface area contributed by atoms with Crippen LogP contribution in [0.2, 0.25) is 0 Å². The van der Waals surface area contributed by atoms with Crippen LogP contribution in [0.1, 0.15) is 90.9 Å². The van der Waals surface area contributed by atoms with Crippen LogP contribution >= 0.6 is 0 Å². The number of allylic oxidation sites excluding steroid dienone is 3. The summed E-state index contributed by atoms with van der Waals surface area (Å²) in [5, 5.41) is 9.60. The number of aliphatic hydroxyl groups is 1. The third-order valence-electron chi connectivity index (χ3n) is 5.41. The van der Waals surface area contributed by atoms with Crippen molar-refractivity contribution in [2.24, 2.45) is 11.8 Å². The standard InChI is InChI=1S/C23H40O3/c1-3-4-5-6-7-11-17-23(26-20(2)25)18-13-12-15-21-14-9-8-10-16-22(21)19-24/h12-13,15,18,21-24H,3-11,14,16-17,19H2,1-2H3/b15-12+,18-13+. The molecule has 3 heteroatoms. The Morgan fingerprint density at radius 1 is 1.08 bits per heavy atom. The van der Waals surface area contributed by atoms with E-state index in [9.17, 15) is 9.90 Å². The highest BCUT2D eigenvalue weighted by Gasteiger charge is 2.20. The molecule has 0 spiro atoms. The average Bonchev–Trinajstić information content (AvgIpc) is 2.85. The van der Waals surface area contributed by atoms with Crippen molar-refractivity contribution >= 4 is 5.97 Å². The lowest BCUT2D eigenvalue weighted by atomic mass is 9.88. The first-order valence-corrected chi connectivity index (χ1v) is 10.8. The van der Waals surface area contributed by atoms with Crippen LogP contribution in [0.5, 0.6) is 0 Å². The van der Waals surface area contributed by atoms with Gasteiger partial charge in [-0.25, -0.2) is 0 Å². The van der Waals surface area contributed by atoms with Gasteiger partial charge in [0.2, 0.25) is 0 Å². The first-order valence-electron chi connectivity index (χ1n) is 10.8. The summed E-state index contributed by atoms with van der Waals surface area (Å²) in [5.74, 6) is 0.658. The van der Waals surface area contributed by atoms with Crippen molar-refractivity contribution in [1.82, 2.24) is 0 Å². The molecule has 0 aromatic rings. The molecule has 3 unspecified atom stereocenters. The fraction of sp³-hybridized carbons (Fsp3) is 0.783. The quantitative estimate of drug-likeness (QED) is 0.201. The number of hydrogen-bond acceptors (Lipinski definition) is 3. The second-order valence-electron chi connectivity index (χ2n) is 7.72. The molecule has 26 heavy (non-hydrogen) atoms. The third-order valence-corrected chi connectivity index (χ3v) is 5.41. The molecule has 1 N–H and O–H groups in total. The van der Waals surface area contributed by atoms with Crippen LogP contribution in [-0.2, 0) is 9.53 Å². The van der Waals surface area contributed by atoms with Crippen molar-refractivity contribution in [1.29, 1.82) is 0 Å². The highest BCUT2D eigenvalue weighted by molar-refractivity contribution is 5.66. The molecule has 0 saturated heterocycles. The lowest BCUT2D eigenvalue weighted by Crippen LogP contribution is -2.15. The van der Waals surface area contributed by atoms with Crippen LogP contribution in [-0.4, -0.2) is 23.8 Å². The fourth-order valence-electron chi connectivity index (χ4n) is 3.82. The zero-order valence-electron chi connectivity index (χ0n) is 17.0. The van der Waals surface area contributed by atoms with Crippen LogP contribution in [0.15, 0.2) is 24.3 Å². The lowest BCUT2D eigenvalue weighted by Gasteiger charge is -2.19. The molecule has 3 nitrogen and oxygen atoms in total. The number of carbonyl (C=O) groups is 1. The van der Waals surface area contributed by atoms with Crippen molar-refractivity contribution in [2.75, 3.05) is 6.61 Å². The van der Waals surface area contributed by atoms with E-state index < -0.39 is 0 Å². The molecule has 0 radical (unpaired) electrons. The van der Waals surface area contributed by atoms with E-state index in [-0.39, 0.29) is 18.7 Å². The first-order chi connectivity index (χ1) is 12.7. The molecule has 0 aromatic carbocycles. The summed E-state index contributed by atoms with van der Waals surface area (Å²) >= 11 is 0. The maximum atomic E-state index is 11.3. The van der Waals surface area contributed by atoms with Crippen LogP contribution < -0.4 is 0 Å². The third kappa shape index (κ3) is 10.8. The summed E-state index contributed by atoms with van der Waals surface area (Å²) in [7, 11) is 0. The molecule has 0 heterocycles. The van der Waals surface area contributed by atoms with Crippen LogP contribution in [0, 0.1) is 11.8 Å². The SMILES string of the molecule is CCCCCCCCC(/C=C/C=C/C1CCCCCC1CO)OC(C)=O. The lowest BCUT2D eigenvalue weighted by molar-refractivity contribution is -0.144. The largest absolute Gasteiger partial charge is 0.458 e. The molecule has 1 rings (SSSR count). The molecule has 3 atom stereocenters. The summed E-state index contributed by atoms with van der Waals surface area (Å²) in [4.78, 5) is 11.3. The number of carbonyl (C=O) groups excluding carboxylic acids is 1. The van der Waals surface area contributed by atoms with Gasteiger partial charge in [-0.2, -0.15) is 0 Å². The minimum absolute atomic E-state index is 0.119. The summed E-state index contributed by atoms with van der Waals surface area (Å²) in [5.41, 5.74) is 0. The van der Waals surface area contributed by atoms with Gasteiger partial charge in [0.1, 0.15) is 6.10 Å². The molecule has 0 aromatic heterocycles. The van der Waals surface area contributed by atoms with E-state index in [2.05, 4.69) is 19.1 Å². The van der Waals surface area contributed by atoms with E-state index >= 15 is 0 Å². The van der Waals surface area contributed by atoms with Gasteiger partial charge in [0.05, 0.1) is 0 Å². The molecule has 0 aliphatic heterocycles. The number of rotatable bonds is 12. The molecule has 150 valence electrons. The topological polar surface area (TPSA) is 46.5 Å². The highest BCUT2D eigenvalue weighted by Crippen LogP contribution is 2.29. The Bertz CT molecular complexity index is 414. The monoisotopic (exact) mass is 364 g/mol. The predicted octanol–water partition coefficient (Wildman–Crippen LogP) is 5.97. The van der Waals surface area contributed by atoms with Crippen LogP contribution in [0.3, 0.4) is 0 Å². The predicted molar refractivity (Wildman–Crippen MR) is 109 cm³/mol. The van der Waals surface area contributed by atoms with E-state index in [1.165, 1.54) is 64.7 Å². The number of esters is 1. The Morgan fingerprint density at radius 3 is 2.54 bits per heavy atom. The van der Waals surface area contributed by atoms with Gasteiger partial charge in [0.25, 0.3) is 0 Å². The maximum Gasteiger partial charge on any atom is 0.303 e. The normalized spacial score (nSPS) is 22.6. The zero-order chi connectivity index (χ0) is 19.0. The van der Waals surface area contributed by atoms with Gasteiger partial charge in [-0.15, -0.1) is 0 Å². The second kappa shape index (κ2) is 15.0. The highest BCUT2D eigenvalue weighted by atomic mass is 16.5. The van der Waals surface area contributed by atoms with Gasteiger partial charge in [0.15, 0.2) is 0 Å². The van der Waals surface area contributed by atoms with Gasteiger partial charge in [-0.3, -0.25) is 4.79 Å². The zero-order valence-corrected chi connectivity index (χ0v) is 17.0. The summed E-state index contributed by atoms with van der Waals surface area (Å²) in [6.07, 6.45) is 22.7. The van der Waals surface area contributed by atoms with Gasteiger partial charge >= 0.3 is 5.97 Å². The minimum atomic E-state index is -0.210. The summed E-state index contributed by atoms with van der Waals surface area (Å²) < 4.78 is 5.43. The van der Waals surface area contributed by atoms with E-state index in [1.54, 1.807) is 0 Å². The smallest absolute Gasteiger partial charge is 0.303 e. The van der Waals surface area contributed by atoms with Gasteiger partial charge in [-0.1, -0.05) is 76.5 Å². The molecule has 0 bridgehead atoms. The molecular formula is C23H40O3. The van der Waals surface area contributed by atoms with Gasteiger partial charge in [0, 0.05) is 13.5 Å². The fourth-order valence-corrected chi connectivity index (χ4v) is 3.82. The summed E-state index contributed by atoms with van der Waals surface area (Å²) in [6.45, 7) is 4.00. The van der Waals surface area contributed by atoms with Crippen LogP contribution in [0.4, 0.5) is 0 Å². The molecular weight excluding hydrogens is 324 g/mol. The van der Waals surface area contributed by atoms with Gasteiger partial charge in [-0.05, 0) is 43.6 Å². The van der Waals surface area contributed by atoms with E-state index in [1.807, 2.05) is 12.2 Å². The van der Waals surface area contributed by atoms with Crippen molar-refractivity contribution < 1.29 is 14.6 Å². The van der Waals surface area contributed by atoms with E-state index in [0.717, 1.165) is 19.3 Å². The maximum absolute atomic E-state index is 11.3.